The van der Waals surface area contributed by atoms with Gasteiger partial charge >= 0.3 is 0 Å². The number of nitriles is 1. The van der Waals surface area contributed by atoms with Crippen molar-refractivity contribution >= 4 is 0 Å². The van der Waals surface area contributed by atoms with E-state index in [4.69, 9.17) is 0 Å². The molecule has 0 heterocycles. The van der Waals surface area contributed by atoms with Crippen LogP contribution in [-0.4, -0.2) is 0 Å². The number of rotatable bonds is 5. The van der Waals surface area contributed by atoms with Crippen LogP contribution in [0.2, 0.25) is 0 Å². The maximum Gasteiger partial charge on any atom is 0.0655 e. The summed E-state index contributed by atoms with van der Waals surface area (Å²) in [4.78, 5) is 0. The average Bonchev–Trinajstić information content (AvgIpc) is 2.57. The van der Waals surface area contributed by atoms with Crippen LogP contribution < -0.4 is 0 Å². The van der Waals surface area contributed by atoms with Crippen LogP contribution in [0.25, 0.3) is 0 Å². The van der Waals surface area contributed by atoms with E-state index in [9.17, 15) is 5.26 Å². The predicted octanol–water partition coefficient (Wildman–Crippen LogP) is 6.34. The van der Waals surface area contributed by atoms with Gasteiger partial charge in [0.1, 0.15) is 0 Å². The number of hydrogen-bond donors (Lipinski definition) is 0. The van der Waals surface area contributed by atoms with E-state index in [2.05, 4.69) is 13.0 Å². The SMILES string of the molecule is CCCCCC[C@@H]1CCC2C(CCC3C[C@H](C#N)CCC32)C1. The lowest BCUT2D eigenvalue weighted by molar-refractivity contribution is 0.00278. The van der Waals surface area contributed by atoms with E-state index in [1.807, 2.05) is 0 Å². The quantitative estimate of drug-likeness (QED) is 0.543. The molecule has 0 aromatic heterocycles. The van der Waals surface area contributed by atoms with Gasteiger partial charge < -0.3 is 0 Å². The van der Waals surface area contributed by atoms with Crippen molar-refractivity contribution in [1.82, 2.24) is 0 Å². The monoisotopic (exact) mass is 301 g/mol. The van der Waals surface area contributed by atoms with Gasteiger partial charge in [-0.2, -0.15) is 5.26 Å². The fraction of sp³-hybridized carbons (Fsp3) is 0.952. The molecule has 0 bridgehead atoms. The van der Waals surface area contributed by atoms with Crippen molar-refractivity contribution < 1.29 is 0 Å². The van der Waals surface area contributed by atoms with Gasteiger partial charge in [0.25, 0.3) is 0 Å². The average molecular weight is 302 g/mol. The standard InChI is InChI=1S/C21H35N/c1-2-3-4-5-6-16-7-11-20-18(13-16)9-10-19-14-17(15-22)8-12-21(19)20/h16-21H,2-14H2,1H3/t16-,17-,18?,19?,20?,21?/m1/s1. The molecule has 3 saturated carbocycles. The van der Waals surface area contributed by atoms with Crippen LogP contribution in [0.3, 0.4) is 0 Å². The highest BCUT2D eigenvalue weighted by Crippen LogP contribution is 2.53. The third kappa shape index (κ3) is 3.69. The maximum absolute atomic E-state index is 9.22. The molecule has 0 N–H and O–H groups in total. The number of nitrogens with zero attached hydrogens (tertiary/aromatic N) is 1. The van der Waals surface area contributed by atoms with Crippen LogP contribution in [0.15, 0.2) is 0 Å². The molecule has 3 aliphatic carbocycles. The summed E-state index contributed by atoms with van der Waals surface area (Å²) in [7, 11) is 0. The lowest BCUT2D eigenvalue weighted by Crippen LogP contribution is -2.41. The Balaban J connectivity index is 1.48. The summed E-state index contributed by atoms with van der Waals surface area (Å²) in [6.45, 7) is 2.31. The highest BCUT2D eigenvalue weighted by molar-refractivity contribution is 4.98. The molecule has 1 nitrogen and oxygen atoms in total. The molecule has 0 aliphatic heterocycles. The van der Waals surface area contributed by atoms with Crippen molar-refractivity contribution in [2.45, 2.75) is 90.4 Å². The molecule has 0 radical (unpaired) electrons. The zero-order valence-corrected chi connectivity index (χ0v) is 14.6. The third-order valence-corrected chi connectivity index (χ3v) is 7.30. The Bertz CT molecular complexity index is 382. The molecular formula is C21H35N. The van der Waals surface area contributed by atoms with E-state index in [1.165, 1.54) is 77.0 Å². The second-order valence-corrected chi connectivity index (χ2v) is 8.59. The van der Waals surface area contributed by atoms with Gasteiger partial charge in [-0.25, -0.2) is 0 Å². The van der Waals surface area contributed by atoms with Gasteiger partial charge in [-0.15, -0.1) is 0 Å². The Kier molecular flexibility index (Phi) is 5.83. The predicted molar refractivity (Wildman–Crippen MR) is 92.2 cm³/mol. The zero-order valence-electron chi connectivity index (χ0n) is 14.6. The largest absolute Gasteiger partial charge is 0.198 e. The fourth-order valence-corrected chi connectivity index (χ4v) is 6.13. The molecule has 0 aromatic rings. The lowest BCUT2D eigenvalue weighted by Gasteiger charge is -2.50. The molecule has 124 valence electrons. The summed E-state index contributed by atoms with van der Waals surface area (Å²) in [6, 6.07) is 2.55. The van der Waals surface area contributed by atoms with Crippen molar-refractivity contribution in [3.05, 3.63) is 0 Å². The smallest absolute Gasteiger partial charge is 0.0655 e. The van der Waals surface area contributed by atoms with E-state index in [-0.39, 0.29) is 0 Å². The number of fused-ring (bicyclic) bond motifs is 3. The Morgan fingerprint density at radius 2 is 1.55 bits per heavy atom. The molecule has 6 atom stereocenters. The van der Waals surface area contributed by atoms with Crippen LogP contribution in [-0.2, 0) is 0 Å². The van der Waals surface area contributed by atoms with Crippen LogP contribution in [0.1, 0.15) is 90.4 Å². The summed E-state index contributed by atoms with van der Waals surface area (Å²) in [5.41, 5.74) is 0. The minimum Gasteiger partial charge on any atom is -0.198 e. The van der Waals surface area contributed by atoms with Crippen molar-refractivity contribution in [2.24, 2.45) is 35.5 Å². The summed E-state index contributed by atoms with van der Waals surface area (Å²) >= 11 is 0. The van der Waals surface area contributed by atoms with Gasteiger partial charge in [-0.3, -0.25) is 0 Å². The molecule has 0 aromatic carbocycles. The first-order valence-electron chi connectivity index (χ1n) is 10.2. The van der Waals surface area contributed by atoms with Crippen LogP contribution >= 0.6 is 0 Å². The Labute approximate surface area is 137 Å². The Morgan fingerprint density at radius 3 is 2.27 bits per heavy atom. The minimum atomic E-state index is 0.382. The van der Waals surface area contributed by atoms with Gasteiger partial charge in [0.2, 0.25) is 0 Å². The molecule has 0 amide bonds. The lowest BCUT2D eigenvalue weighted by atomic mass is 9.55. The summed E-state index contributed by atoms with van der Waals surface area (Å²) in [6.07, 6.45) is 18.5. The molecule has 0 saturated heterocycles. The maximum atomic E-state index is 9.22. The normalized spacial score (nSPS) is 41.3. The highest BCUT2D eigenvalue weighted by Gasteiger charge is 2.44. The number of unbranched alkanes of at least 4 members (excludes halogenated alkanes) is 3. The first-order chi connectivity index (χ1) is 10.8. The summed E-state index contributed by atoms with van der Waals surface area (Å²) in [5.74, 6) is 5.40. The molecule has 22 heavy (non-hydrogen) atoms. The van der Waals surface area contributed by atoms with Gasteiger partial charge in [-0.05, 0) is 74.5 Å². The fourth-order valence-electron chi connectivity index (χ4n) is 6.13. The van der Waals surface area contributed by atoms with Gasteiger partial charge in [0.15, 0.2) is 0 Å². The van der Waals surface area contributed by atoms with Gasteiger partial charge in [0, 0.05) is 5.92 Å². The molecular weight excluding hydrogens is 266 g/mol. The van der Waals surface area contributed by atoms with Crippen LogP contribution in [0.4, 0.5) is 0 Å². The number of hydrogen-bond acceptors (Lipinski definition) is 1. The van der Waals surface area contributed by atoms with E-state index in [0.717, 1.165) is 29.6 Å². The molecule has 3 rings (SSSR count). The van der Waals surface area contributed by atoms with Gasteiger partial charge in [0.05, 0.1) is 6.07 Å². The molecule has 1 heteroatoms. The van der Waals surface area contributed by atoms with Crippen molar-refractivity contribution in [1.29, 1.82) is 5.26 Å². The first-order valence-corrected chi connectivity index (χ1v) is 10.2. The topological polar surface area (TPSA) is 23.8 Å². The summed E-state index contributed by atoms with van der Waals surface area (Å²) < 4.78 is 0. The zero-order chi connectivity index (χ0) is 15.4. The minimum absolute atomic E-state index is 0.382. The molecule has 3 aliphatic rings. The second kappa shape index (κ2) is 7.85. The van der Waals surface area contributed by atoms with E-state index >= 15 is 0 Å². The van der Waals surface area contributed by atoms with E-state index in [0.29, 0.717) is 5.92 Å². The Hall–Kier alpha value is -0.510. The van der Waals surface area contributed by atoms with E-state index in [1.54, 1.807) is 6.42 Å². The van der Waals surface area contributed by atoms with Crippen molar-refractivity contribution in [2.75, 3.05) is 0 Å². The third-order valence-electron chi connectivity index (χ3n) is 7.30. The molecule has 0 spiro atoms. The summed E-state index contributed by atoms with van der Waals surface area (Å²) in [5, 5.41) is 9.22. The van der Waals surface area contributed by atoms with Gasteiger partial charge in [-0.1, -0.05) is 45.4 Å². The van der Waals surface area contributed by atoms with Crippen LogP contribution in [0.5, 0.6) is 0 Å². The Morgan fingerprint density at radius 1 is 0.818 bits per heavy atom. The van der Waals surface area contributed by atoms with Crippen LogP contribution in [0, 0.1) is 46.8 Å². The van der Waals surface area contributed by atoms with E-state index < -0.39 is 0 Å². The van der Waals surface area contributed by atoms with Crippen molar-refractivity contribution in [3.8, 4) is 6.07 Å². The highest BCUT2D eigenvalue weighted by atomic mass is 14.5. The molecule has 3 fully saturated rings. The second-order valence-electron chi connectivity index (χ2n) is 8.59. The molecule has 4 unspecified atom stereocenters. The first kappa shape index (κ1) is 16.4. The van der Waals surface area contributed by atoms with Crippen molar-refractivity contribution in [3.63, 3.8) is 0 Å².